The van der Waals surface area contributed by atoms with Gasteiger partial charge in [0.2, 0.25) is 10.0 Å². The van der Waals surface area contributed by atoms with Crippen LogP contribution in [-0.4, -0.2) is 37.0 Å². The van der Waals surface area contributed by atoms with Gasteiger partial charge in [-0.2, -0.15) is 5.26 Å². The van der Waals surface area contributed by atoms with E-state index in [9.17, 15) is 13.5 Å². The maximum atomic E-state index is 12.0. The molecule has 0 unspecified atom stereocenters. The van der Waals surface area contributed by atoms with Crippen molar-refractivity contribution in [2.75, 3.05) is 22.8 Å². The SMILES string of the molecule is CS(=O)(=O)N(CC#N)c1ccc(N=C(c2ccccc2)c2c(O)[nH]c3ccc(N)cc23)cc1. The summed E-state index contributed by atoms with van der Waals surface area (Å²) in [6.45, 7) is -0.290. The maximum absolute atomic E-state index is 12.0. The zero-order valence-electron chi connectivity index (χ0n) is 17.7. The first kappa shape index (κ1) is 21.9. The molecule has 0 bridgehead atoms. The molecule has 0 fully saturated rings. The number of benzene rings is 3. The number of nitrogen functional groups attached to an aromatic ring is 1. The molecule has 9 heteroatoms. The average molecular weight is 460 g/mol. The number of nitriles is 1. The summed E-state index contributed by atoms with van der Waals surface area (Å²) in [6, 6.07) is 23.1. The van der Waals surface area contributed by atoms with Crippen molar-refractivity contribution in [3.8, 4) is 11.9 Å². The number of H-pyrrole nitrogens is 1. The van der Waals surface area contributed by atoms with Crippen molar-refractivity contribution in [2.45, 2.75) is 0 Å². The molecule has 0 atom stereocenters. The van der Waals surface area contributed by atoms with Crippen LogP contribution in [-0.2, 0) is 10.0 Å². The van der Waals surface area contributed by atoms with E-state index in [-0.39, 0.29) is 12.4 Å². The standard InChI is InChI=1S/C24H21N5O3S/c1-33(31,32)29(14-13-25)19-10-8-18(9-11-19)27-23(16-5-3-2-4-6-16)22-20-15-17(26)7-12-21(20)28-24(22)30/h2-12,15,28,30H,14,26H2,1H3. The number of nitrogens with two attached hydrogens (primary N) is 1. The highest BCUT2D eigenvalue weighted by Crippen LogP contribution is 2.33. The van der Waals surface area contributed by atoms with E-state index in [0.717, 1.165) is 27.0 Å². The van der Waals surface area contributed by atoms with Crippen LogP contribution in [0.4, 0.5) is 17.1 Å². The summed E-state index contributed by atoms with van der Waals surface area (Å²) in [7, 11) is -3.60. The van der Waals surface area contributed by atoms with Crippen molar-refractivity contribution >= 4 is 43.7 Å². The topological polar surface area (TPSA) is 136 Å². The third-order valence-corrected chi connectivity index (χ3v) is 6.22. The zero-order valence-corrected chi connectivity index (χ0v) is 18.5. The van der Waals surface area contributed by atoms with Crippen molar-refractivity contribution in [3.05, 3.63) is 83.9 Å². The predicted octanol–water partition coefficient (Wildman–Crippen LogP) is 3.91. The Labute approximate surface area is 191 Å². The fourth-order valence-electron chi connectivity index (χ4n) is 3.58. The smallest absolute Gasteiger partial charge is 0.233 e. The molecule has 0 aliphatic rings. The van der Waals surface area contributed by atoms with Gasteiger partial charge < -0.3 is 15.8 Å². The van der Waals surface area contributed by atoms with E-state index in [1.165, 1.54) is 0 Å². The molecule has 0 spiro atoms. The van der Waals surface area contributed by atoms with Crippen LogP contribution in [0.15, 0.2) is 77.8 Å². The molecule has 1 aromatic heterocycles. The van der Waals surface area contributed by atoms with Crippen LogP contribution in [0.1, 0.15) is 11.1 Å². The van der Waals surface area contributed by atoms with Crippen molar-refractivity contribution < 1.29 is 13.5 Å². The first-order valence-corrected chi connectivity index (χ1v) is 11.8. The van der Waals surface area contributed by atoms with Crippen LogP contribution < -0.4 is 10.0 Å². The molecule has 0 amide bonds. The van der Waals surface area contributed by atoms with Gasteiger partial charge in [0.1, 0.15) is 6.54 Å². The van der Waals surface area contributed by atoms with Crippen LogP contribution in [0.3, 0.4) is 0 Å². The summed E-state index contributed by atoms with van der Waals surface area (Å²) in [4.78, 5) is 7.74. The van der Waals surface area contributed by atoms with Crippen molar-refractivity contribution in [2.24, 2.45) is 4.99 Å². The number of rotatable bonds is 6. The van der Waals surface area contributed by atoms with Crippen LogP contribution in [0, 0.1) is 11.3 Å². The summed E-state index contributed by atoms with van der Waals surface area (Å²) >= 11 is 0. The van der Waals surface area contributed by atoms with Crippen LogP contribution in [0.25, 0.3) is 10.9 Å². The fourth-order valence-corrected chi connectivity index (χ4v) is 4.38. The highest BCUT2D eigenvalue weighted by atomic mass is 32.2. The number of nitrogens with zero attached hydrogens (tertiary/aromatic N) is 3. The summed E-state index contributed by atoms with van der Waals surface area (Å²) in [5.74, 6) is -0.0351. The van der Waals surface area contributed by atoms with Gasteiger partial charge in [0.25, 0.3) is 0 Å². The Morgan fingerprint density at radius 1 is 1.12 bits per heavy atom. The Morgan fingerprint density at radius 3 is 2.45 bits per heavy atom. The molecule has 0 radical (unpaired) electrons. The van der Waals surface area contributed by atoms with E-state index in [1.54, 1.807) is 42.5 Å². The molecule has 1 heterocycles. The predicted molar refractivity (Wildman–Crippen MR) is 130 cm³/mol. The number of anilines is 2. The normalized spacial score (nSPS) is 11.9. The van der Waals surface area contributed by atoms with Crippen LogP contribution in [0.5, 0.6) is 5.88 Å². The summed E-state index contributed by atoms with van der Waals surface area (Å²) in [5, 5.41) is 20.4. The molecule has 166 valence electrons. The molecular weight excluding hydrogens is 438 g/mol. The summed E-state index contributed by atoms with van der Waals surface area (Å²) in [6.07, 6.45) is 1.05. The quantitative estimate of drug-likeness (QED) is 0.228. The van der Waals surface area contributed by atoms with Gasteiger partial charge in [-0.25, -0.2) is 13.4 Å². The molecule has 4 aromatic rings. The highest BCUT2D eigenvalue weighted by Gasteiger charge is 2.20. The summed E-state index contributed by atoms with van der Waals surface area (Å²) < 4.78 is 25.1. The number of aliphatic imine (C=N–C) groups is 1. The third-order valence-electron chi connectivity index (χ3n) is 5.08. The average Bonchev–Trinajstić information content (AvgIpc) is 3.11. The minimum Gasteiger partial charge on any atom is -0.494 e. The Kier molecular flexibility index (Phi) is 5.77. The number of hydrogen-bond acceptors (Lipinski definition) is 6. The molecule has 0 saturated carbocycles. The number of aromatic amines is 1. The molecule has 0 aliphatic carbocycles. The van der Waals surface area contributed by atoms with E-state index in [0.29, 0.717) is 28.3 Å². The second-order valence-electron chi connectivity index (χ2n) is 7.42. The van der Waals surface area contributed by atoms with E-state index in [2.05, 4.69) is 4.98 Å². The number of aromatic nitrogens is 1. The van der Waals surface area contributed by atoms with E-state index >= 15 is 0 Å². The van der Waals surface area contributed by atoms with Gasteiger partial charge in [0, 0.05) is 22.2 Å². The Balaban J connectivity index is 1.86. The Hall–Kier alpha value is -4.29. The molecule has 0 aliphatic heterocycles. The van der Waals surface area contributed by atoms with E-state index < -0.39 is 10.0 Å². The number of aromatic hydroxyl groups is 1. The molecular formula is C24H21N5O3S. The first-order chi connectivity index (χ1) is 15.8. The molecule has 0 saturated heterocycles. The monoisotopic (exact) mass is 459 g/mol. The number of sulfonamides is 1. The fraction of sp³-hybridized carbons (Fsp3) is 0.0833. The lowest BCUT2D eigenvalue weighted by molar-refractivity contribution is 0.457. The second kappa shape index (κ2) is 8.68. The van der Waals surface area contributed by atoms with Gasteiger partial charge >= 0.3 is 0 Å². The van der Waals surface area contributed by atoms with Crippen molar-refractivity contribution in [1.82, 2.24) is 4.98 Å². The lowest BCUT2D eigenvalue weighted by Crippen LogP contribution is -2.30. The van der Waals surface area contributed by atoms with Crippen molar-refractivity contribution in [1.29, 1.82) is 5.26 Å². The van der Waals surface area contributed by atoms with Gasteiger partial charge in [0.05, 0.1) is 35.0 Å². The first-order valence-electron chi connectivity index (χ1n) is 9.97. The lowest BCUT2D eigenvalue weighted by atomic mass is 10.0. The lowest BCUT2D eigenvalue weighted by Gasteiger charge is -2.19. The second-order valence-corrected chi connectivity index (χ2v) is 9.33. The number of hydrogen-bond donors (Lipinski definition) is 3. The molecule has 4 rings (SSSR count). The molecule has 3 aromatic carbocycles. The minimum absolute atomic E-state index is 0.0351. The van der Waals surface area contributed by atoms with Crippen LogP contribution >= 0.6 is 0 Å². The molecule has 4 N–H and O–H groups in total. The van der Waals surface area contributed by atoms with Crippen molar-refractivity contribution in [3.63, 3.8) is 0 Å². The van der Waals surface area contributed by atoms with E-state index in [1.807, 2.05) is 36.4 Å². The van der Waals surface area contributed by atoms with Gasteiger partial charge in [0.15, 0.2) is 5.88 Å². The Morgan fingerprint density at radius 2 is 1.82 bits per heavy atom. The van der Waals surface area contributed by atoms with Gasteiger partial charge in [-0.1, -0.05) is 30.3 Å². The maximum Gasteiger partial charge on any atom is 0.233 e. The third kappa shape index (κ3) is 4.51. The Bertz CT molecular complexity index is 1490. The van der Waals surface area contributed by atoms with Gasteiger partial charge in [-0.15, -0.1) is 0 Å². The summed E-state index contributed by atoms with van der Waals surface area (Å²) in [5.41, 5.74) is 9.98. The van der Waals surface area contributed by atoms with Crippen LogP contribution in [0.2, 0.25) is 0 Å². The minimum atomic E-state index is -3.60. The highest BCUT2D eigenvalue weighted by molar-refractivity contribution is 7.92. The van der Waals surface area contributed by atoms with Gasteiger partial charge in [-0.3, -0.25) is 4.31 Å². The molecule has 8 nitrogen and oxygen atoms in total. The number of fused-ring (bicyclic) bond motifs is 1. The largest absolute Gasteiger partial charge is 0.494 e. The molecule has 33 heavy (non-hydrogen) atoms. The van der Waals surface area contributed by atoms with Gasteiger partial charge in [-0.05, 0) is 42.5 Å². The zero-order chi connectivity index (χ0) is 23.6. The number of nitrogens with one attached hydrogen (secondary N) is 1. The van der Waals surface area contributed by atoms with E-state index in [4.69, 9.17) is 16.0 Å².